The van der Waals surface area contributed by atoms with E-state index in [2.05, 4.69) is 47.0 Å². The van der Waals surface area contributed by atoms with E-state index in [1.807, 2.05) is 0 Å². The topological polar surface area (TPSA) is 51.0 Å². The molecule has 0 aliphatic heterocycles. The van der Waals surface area contributed by atoms with Crippen LogP contribution in [0.2, 0.25) is 0 Å². The molecule has 0 aliphatic carbocycles. The summed E-state index contributed by atoms with van der Waals surface area (Å²) in [6.45, 7) is 7.35. The molecule has 0 spiro atoms. The van der Waals surface area contributed by atoms with Crippen LogP contribution in [0.5, 0.6) is 0 Å². The molecule has 1 N–H and O–H groups in total. The second-order valence-electron chi connectivity index (χ2n) is 4.73. The van der Waals surface area contributed by atoms with Crippen molar-refractivity contribution in [2.24, 2.45) is 0 Å². The molecule has 2 aromatic rings. The summed E-state index contributed by atoms with van der Waals surface area (Å²) in [5, 5.41) is 11.7. The lowest BCUT2D eigenvalue weighted by atomic mass is 10.1. The first kappa shape index (κ1) is 14.2. The van der Waals surface area contributed by atoms with Gasteiger partial charge in [0.2, 0.25) is 11.7 Å². The van der Waals surface area contributed by atoms with Crippen LogP contribution in [-0.2, 0) is 6.42 Å². The summed E-state index contributed by atoms with van der Waals surface area (Å²) >= 11 is 1.67. The summed E-state index contributed by atoms with van der Waals surface area (Å²) in [4.78, 5) is 4.51. The van der Waals surface area contributed by atoms with Crippen LogP contribution in [0.1, 0.15) is 38.1 Å². The minimum absolute atomic E-state index is 0.423. The maximum absolute atomic E-state index is 5.37. The molecule has 4 nitrogen and oxygen atoms in total. The van der Waals surface area contributed by atoms with Gasteiger partial charge in [-0.25, -0.2) is 0 Å². The third kappa shape index (κ3) is 3.64. The van der Waals surface area contributed by atoms with E-state index in [0.717, 1.165) is 37.3 Å². The molecule has 2 heterocycles. The zero-order valence-electron chi connectivity index (χ0n) is 11.8. The average Bonchev–Trinajstić information content (AvgIpc) is 2.98. The third-order valence-corrected chi connectivity index (χ3v) is 3.98. The lowest BCUT2D eigenvalue weighted by Crippen LogP contribution is -2.30. The maximum atomic E-state index is 5.37. The quantitative estimate of drug-likeness (QED) is 0.843. The Hall–Kier alpha value is -1.20. The van der Waals surface area contributed by atoms with Gasteiger partial charge in [0.15, 0.2) is 0 Å². The fourth-order valence-electron chi connectivity index (χ4n) is 2.16. The fraction of sp³-hybridized carbons (Fsp3) is 0.571. The molecule has 19 heavy (non-hydrogen) atoms. The van der Waals surface area contributed by atoms with Gasteiger partial charge in [-0.3, -0.25) is 0 Å². The van der Waals surface area contributed by atoms with Crippen LogP contribution in [-0.4, -0.2) is 22.7 Å². The minimum Gasteiger partial charge on any atom is -0.339 e. The summed E-state index contributed by atoms with van der Waals surface area (Å²) in [7, 11) is 0. The first-order valence-corrected chi connectivity index (χ1v) is 7.78. The van der Waals surface area contributed by atoms with E-state index < -0.39 is 0 Å². The summed E-state index contributed by atoms with van der Waals surface area (Å²) in [5.74, 6) is 1.43. The van der Waals surface area contributed by atoms with E-state index >= 15 is 0 Å². The highest BCUT2D eigenvalue weighted by Crippen LogP contribution is 2.24. The van der Waals surface area contributed by atoms with E-state index in [4.69, 9.17) is 4.52 Å². The molecule has 5 heteroatoms. The predicted octanol–water partition coefficient (Wildman–Crippen LogP) is 3.43. The van der Waals surface area contributed by atoms with E-state index in [1.165, 1.54) is 5.56 Å². The molecule has 0 aliphatic rings. The Kier molecular flexibility index (Phi) is 5.10. The van der Waals surface area contributed by atoms with E-state index in [9.17, 15) is 0 Å². The van der Waals surface area contributed by atoms with Gasteiger partial charge >= 0.3 is 0 Å². The van der Waals surface area contributed by atoms with Crippen molar-refractivity contribution in [1.82, 2.24) is 15.5 Å². The number of aryl methyl sites for hydroxylation is 1. The highest BCUT2D eigenvalue weighted by Gasteiger charge is 2.15. The Morgan fingerprint density at radius 1 is 1.37 bits per heavy atom. The van der Waals surface area contributed by atoms with Crippen LogP contribution in [0.25, 0.3) is 11.4 Å². The van der Waals surface area contributed by atoms with Crippen LogP contribution in [0.3, 0.4) is 0 Å². The van der Waals surface area contributed by atoms with Gasteiger partial charge in [-0.2, -0.15) is 16.3 Å². The van der Waals surface area contributed by atoms with Gasteiger partial charge in [0.25, 0.3) is 0 Å². The first-order chi connectivity index (χ1) is 9.24. The third-order valence-electron chi connectivity index (χ3n) is 3.12. The van der Waals surface area contributed by atoms with Gasteiger partial charge < -0.3 is 9.84 Å². The van der Waals surface area contributed by atoms with E-state index in [1.54, 1.807) is 11.3 Å². The van der Waals surface area contributed by atoms with Crippen molar-refractivity contribution in [3.8, 4) is 11.4 Å². The average molecular weight is 279 g/mol. The van der Waals surface area contributed by atoms with Crippen molar-refractivity contribution in [3.63, 3.8) is 0 Å². The normalized spacial score (nSPS) is 12.8. The van der Waals surface area contributed by atoms with Crippen molar-refractivity contribution in [1.29, 1.82) is 0 Å². The van der Waals surface area contributed by atoms with E-state index in [-0.39, 0.29) is 0 Å². The summed E-state index contributed by atoms with van der Waals surface area (Å²) in [5.41, 5.74) is 2.28. The second-order valence-corrected chi connectivity index (χ2v) is 5.47. The number of hydrogen-bond acceptors (Lipinski definition) is 5. The molecule has 2 rings (SSSR count). The predicted molar refractivity (Wildman–Crippen MR) is 78.4 cm³/mol. The lowest BCUT2D eigenvalue weighted by molar-refractivity contribution is 0.352. The Labute approximate surface area is 118 Å². The van der Waals surface area contributed by atoms with Crippen molar-refractivity contribution in [2.45, 2.75) is 46.1 Å². The van der Waals surface area contributed by atoms with Crippen molar-refractivity contribution < 1.29 is 4.52 Å². The smallest absolute Gasteiger partial charge is 0.228 e. The molecule has 104 valence electrons. The van der Waals surface area contributed by atoms with Gasteiger partial charge in [-0.05, 0) is 30.8 Å². The number of aromatic nitrogens is 2. The van der Waals surface area contributed by atoms with Crippen LogP contribution in [0, 0.1) is 6.92 Å². The number of thiophene rings is 1. The molecular weight excluding hydrogens is 258 g/mol. The largest absolute Gasteiger partial charge is 0.339 e. The minimum atomic E-state index is 0.423. The van der Waals surface area contributed by atoms with Crippen molar-refractivity contribution in [3.05, 3.63) is 22.2 Å². The van der Waals surface area contributed by atoms with Crippen molar-refractivity contribution in [2.75, 3.05) is 6.54 Å². The summed E-state index contributed by atoms with van der Waals surface area (Å²) in [6.07, 6.45) is 3.09. The molecule has 1 unspecified atom stereocenters. The first-order valence-electron chi connectivity index (χ1n) is 6.83. The van der Waals surface area contributed by atoms with Crippen LogP contribution in [0.15, 0.2) is 15.3 Å². The molecule has 0 saturated heterocycles. The molecule has 1 atom stereocenters. The Balaban J connectivity index is 2.06. The summed E-state index contributed by atoms with van der Waals surface area (Å²) < 4.78 is 5.37. The van der Waals surface area contributed by atoms with Crippen molar-refractivity contribution >= 4 is 11.3 Å². The Morgan fingerprint density at radius 2 is 2.21 bits per heavy atom. The van der Waals surface area contributed by atoms with E-state index in [0.29, 0.717) is 11.9 Å². The Morgan fingerprint density at radius 3 is 2.84 bits per heavy atom. The van der Waals surface area contributed by atoms with Crippen LogP contribution < -0.4 is 5.32 Å². The van der Waals surface area contributed by atoms with Gasteiger partial charge in [-0.1, -0.05) is 25.4 Å². The van der Waals surface area contributed by atoms with Gasteiger partial charge in [0.05, 0.1) is 0 Å². The number of nitrogens with one attached hydrogen (secondary N) is 1. The number of likely N-dealkylation sites (N-methyl/N-ethyl adjacent to an activating group) is 1. The number of nitrogens with zero attached hydrogens (tertiary/aromatic N) is 2. The monoisotopic (exact) mass is 279 g/mol. The molecular formula is C14H21N3OS. The zero-order valence-corrected chi connectivity index (χ0v) is 12.6. The SMILES string of the molecule is CCCC(Cc1nc(-c2cscc2C)no1)NCC. The van der Waals surface area contributed by atoms with Gasteiger partial charge in [0, 0.05) is 23.4 Å². The molecule has 0 bridgehead atoms. The van der Waals surface area contributed by atoms with Gasteiger partial charge in [-0.15, -0.1) is 0 Å². The molecule has 0 fully saturated rings. The molecule has 2 aromatic heterocycles. The maximum Gasteiger partial charge on any atom is 0.228 e. The van der Waals surface area contributed by atoms with Crippen LogP contribution in [0.4, 0.5) is 0 Å². The number of hydrogen-bond donors (Lipinski definition) is 1. The van der Waals surface area contributed by atoms with Crippen LogP contribution >= 0.6 is 11.3 Å². The number of rotatable bonds is 7. The van der Waals surface area contributed by atoms with Gasteiger partial charge in [0.1, 0.15) is 0 Å². The molecule has 0 saturated carbocycles. The second kappa shape index (κ2) is 6.82. The highest BCUT2D eigenvalue weighted by molar-refractivity contribution is 7.08. The standard InChI is InChI=1S/C14H21N3OS/c1-4-6-11(15-5-2)7-13-16-14(17-18-13)12-9-19-8-10(12)3/h8-9,11,15H,4-7H2,1-3H3. The summed E-state index contributed by atoms with van der Waals surface area (Å²) in [6, 6.07) is 0.423. The molecule has 0 aromatic carbocycles. The molecule has 0 radical (unpaired) electrons. The fourth-order valence-corrected chi connectivity index (χ4v) is 2.99. The highest BCUT2D eigenvalue weighted by atomic mass is 32.1. The zero-order chi connectivity index (χ0) is 13.7. The molecule has 0 amide bonds. The Bertz CT molecular complexity index is 500. The lowest BCUT2D eigenvalue weighted by Gasteiger charge is -2.14.